The number of methoxy groups -OCH3 is 2. The lowest BCUT2D eigenvalue weighted by molar-refractivity contribution is -0.00461. The number of sulfonamides is 1. The predicted octanol–water partition coefficient (Wildman–Crippen LogP) is -0.837. The second-order valence-electron chi connectivity index (χ2n) is 4.63. The predicted molar refractivity (Wildman–Crippen MR) is 71.7 cm³/mol. The average molecular weight is 304 g/mol. The number of nitrogens with zero attached hydrogens (tertiary/aromatic N) is 2. The Labute approximate surface area is 118 Å². The second-order valence-corrected chi connectivity index (χ2v) is 6.50. The van der Waals surface area contributed by atoms with Gasteiger partial charge in [0.25, 0.3) is 10.0 Å². The molecule has 2 rings (SSSR count). The van der Waals surface area contributed by atoms with E-state index in [1.54, 1.807) is 21.3 Å². The van der Waals surface area contributed by atoms with E-state index in [0.29, 0.717) is 12.1 Å². The molecular formula is C11H20N4O4S. The molecule has 1 aliphatic heterocycles. The van der Waals surface area contributed by atoms with Crippen LogP contribution in [-0.4, -0.2) is 69.5 Å². The zero-order valence-corrected chi connectivity index (χ0v) is 12.6. The van der Waals surface area contributed by atoms with E-state index in [-0.39, 0.29) is 30.3 Å². The van der Waals surface area contributed by atoms with Crippen LogP contribution in [0, 0.1) is 0 Å². The molecule has 0 bridgehead atoms. The Kier molecular flexibility index (Phi) is 4.76. The SMILES string of the molecule is CNCc1cn[nH]c1S(=O)(=O)N1CC(OC)C(OC)C1. The van der Waals surface area contributed by atoms with E-state index in [1.165, 1.54) is 10.5 Å². The fraction of sp³-hybridized carbons (Fsp3) is 0.727. The Morgan fingerprint density at radius 3 is 2.50 bits per heavy atom. The third-order valence-corrected chi connectivity index (χ3v) is 5.28. The van der Waals surface area contributed by atoms with Gasteiger partial charge in [-0.05, 0) is 7.05 Å². The van der Waals surface area contributed by atoms with Gasteiger partial charge >= 0.3 is 0 Å². The Hall–Kier alpha value is -1.00. The lowest BCUT2D eigenvalue weighted by Gasteiger charge is -2.15. The van der Waals surface area contributed by atoms with E-state index >= 15 is 0 Å². The Morgan fingerprint density at radius 1 is 1.40 bits per heavy atom. The highest BCUT2D eigenvalue weighted by Gasteiger charge is 2.41. The number of aromatic nitrogens is 2. The summed E-state index contributed by atoms with van der Waals surface area (Å²) in [5.74, 6) is 0. The van der Waals surface area contributed by atoms with Gasteiger partial charge in [0, 0.05) is 39.4 Å². The smallest absolute Gasteiger partial charge is 0.260 e. The molecule has 1 aromatic rings. The summed E-state index contributed by atoms with van der Waals surface area (Å²) in [5.41, 5.74) is 0.613. The number of hydrogen-bond acceptors (Lipinski definition) is 6. The minimum Gasteiger partial charge on any atom is -0.377 e. The summed E-state index contributed by atoms with van der Waals surface area (Å²) >= 11 is 0. The van der Waals surface area contributed by atoms with Gasteiger partial charge in [0.05, 0.1) is 18.4 Å². The van der Waals surface area contributed by atoms with Crippen molar-refractivity contribution < 1.29 is 17.9 Å². The van der Waals surface area contributed by atoms with E-state index in [9.17, 15) is 8.42 Å². The van der Waals surface area contributed by atoms with E-state index in [1.807, 2.05) is 0 Å². The molecule has 1 saturated heterocycles. The second kappa shape index (κ2) is 6.19. The maximum Gasteiger partial charge on any atom is 0.260 e. The molecule has 20 heavy (non-hydrogen) atoms. The molecule has 0 amide bonds. The van der Waals surface area contributed by atoms with Gasteiger partial charge in [-0.15, -0.1) is 0 Å². The first-order valence-corrected chi connectivity index (χ1v) is 7.71. The number of aromatic amines is 1. The van der Waals surface area contributed by atoms with E-state index in [0.717, 1.165) is 0 Å². The lowest BCUT2D eigenvalue weighted by atomic mass is 10.3. The summed E-state index contributed by atoms with van der Waals surface area (Å²) in [7, 11) is 1.23. The quantitative estimate of drug-likeness (QED) is 0.711. The van der Waals surface area contributed by atoms with Crippen LogP contribution in [-0.2, 0) is 26.0 Å². The third kappa shape index (κ3) is 2.72. The van der Waals surface area contributed by atoms with Gasteiger partial charge in [0.15, 0.2) is 5.03 Å². The summed E-state index contributed by atoms with van der Waals surface area (Å²) in [4.78, 5) is 0. The summed E-state index contributed by atoms with van der Waals surface area (Å²) in [5, 5.41) is 9.44. The molecule has 0 spiro atoms. The molecule has 0 aromatic carbocycles. The highest BCUT2D eigenvalue weighted by Crippen LogP contribution is 2.24. The molecular weight excluding hydrogens is 284 g/mol. The van der Waals surface area contributed by atoms with Crippen LogP contribution >= 0.6 is 0 Å². The van der Waals surface area contributed by atoms with Gasteiger partial charge in [-0.2, -0.15) is 9.40 Å². The number of H-pyrrole nitrogens is 1. The summed E-state index contributed by atoms with van der Waals surface area (Å²) in [6.45, 7) is 0.977. The summed E-state index contributed by atoms with van der Waals surface area (Å²) in [6.07, 6.45) is 0.997. The number of nitrogens with one attached hydrogen (secondary N) is 2. The van der Waals surface area contributed by atoms with Crippen LogP contribution in [0.1, 0.15) is 5.56 Å². The molecule has 9 heteroatoms. The van der Waals surface area contributed by atoms with Crippen molar-refractivity contribution in [1.82, 2.24) is 19.8 Å². The number of ether oxygens (including phenoxy) is 2. The summed E-state index contributed by atoms with van der Waals surface area (Å²) < 4.78 is 37.2. The van der Waals surface area contributed by atoms with Gasteiger partial charge in [0.2, 0.25) is 0 Å². The molecule has 2 heterocycles. The lowest BCUT2D eigenvalue weighted by Crippen LogP contribution is -2.31. The van der Waals surface area contributed by atoms with Crippen LogP contribution in [0.5, 0.6) is 0 Å². The maximum atomic E-state index is 12.6. The minimum atomic E-state index is -3.62. The van der Waals surface area contributed by atoms with E-state index in [4.69, 9.17) is 9.47 Å². The standard InChI is InChI=1S/C11H20N4O4S/c1-12-4-8-5-13-14-11(8)20(16,17)15-6-9(18-2)10(7-15)19-3/h5,9-10,12H,4,6-7H2,1-3H3,(H,13,14). The third-order valence-electron chi connectivity index (χ3n) is 3.43. The van der Waals surface area contributed by atoms with Gasteiger partial charge < -0.3 is 14.8 Å². The molecule has 2 atom stereocenters. The fourth-order valence-corrected chi connectivity index (χ4v) is 3.90. The highest BCUT2D eigenvalue weighted by atomic mass is 32.2. The topological polar surface area (TPSA) is 96.5 Å². The van der Waals surface area contributed by atoms with E-state index in [2.05, 4.69) is 15.5 Å². The monoisotopic (exact) mass is 304 g/mol. The molecule has 0 radical (unpaired) electrons. The normalized spacial score (nSPS) is 24.4. The zero-order chi connectivity index (χ0) is 14.8. The van der Waals surface area contributed by atoms with Crippen LogP contribution < -0.4 is 5.32 Å². The van der Waals surface area contributed by atoms with Gasteiger partial charge in [0.1, 0.15) is 0 Å². The molecule has 0 aliphatic carbocycles. The first-order chi connectivity index (χ1) is 9.54. The highest BCUT2D eigenvalue weighted by molar-refractivity contribution is 7.89. The van der Waals surface area contributed by atoms with Crippen molar-refractivity contribution in [3.8, 4) is 0 Å². The molecule has 1 aliphatic rings. The van der Waals surface area contributed by atoms with Crippen LogP contribution in [0.15, 0.2) is 11.2 Å². The van der Waals surface area contributed by atoms with Crippen molar-refractivity contribution in [1.29, 1.82) is 0 Å². The van der Waals surface area contributed by atoms with Crippen LogP contribution in [0.4, 0.5) is 0 Å². The van der Waals surface area contributed by atoms with Crippen LogP contribution in [0.25, 0.3) is 0 Å². The van der Waals surface area contributed by atoms with Crippen molar-refractivity contribution in [2.45, 2.75) is 23.8 Å². The number of hydrogen-bond donors (Lipinski definition) is 2. The fourth-order valence-electron chi connectivity index (χ4n) is 2.33. The van der Waals surface area contributed by atoms with Crippen molar-refractivity contribution >= 4 is 10.0 Å². The van der Waals surface area contributed by atoms with Gasteiger partial charge in [-0.1, -0.05) is 0 Å². The van der Waals surface area contributed by atoms with Crippen molar-refractivity contribution in [3.63, 3.8) is 0 Å². The van der Waals surface area contributed by atoms with Crippen molar-refractivity contribution in [2.75, 3.05) is 34.4 Å². The van der Waals surface area contributed by atoms with Crippen molar-refractivity contribution in [3.05, 3.63) is 11.8 Å². The van der Waals surface area contributed by atoms with Crippen LogP contribution in [0.3, 0.4) is 0 Å². The van der Waals surface area contributed by atoms with Gasteiger partial charge in [-0.25, -0.2) is 8.42 Å². The molecule has 0 saturated carbocycles. The summed E-state index contributed by atoms with van der Waals surface area (Å²) in [6, 6.07) is 0. The minimum absolute atomic E-state index is 0.124. The Balaban J connectivity index is 2.25. The van der Waals surface area contributed by atoms with Gasteiger partial charge in [-0.3, -0.25) is 5.10 Å². The van der Waals surface area contributed by atoms with Crippen LogP contribution in [0.2, 0.25) is 0 Å². The maximum absolute atomic E-state index is 12.6. The van der Waals surface area contributed by atoms with E-state index < -0.39 is 10.0 Å². The largest absolute Gasteiger partial charge is 0.377 e. The molecule has 114 valence electrons. The zero-order valence-electron chi connectivity index (χ0n) is 11.8. The molecule has 8 nitrogen and oxygen atoms in total. The first kappa shape index (κ1) is 15.4. The molecule has 1 aromatic heterocycles. The molecule has 2 unspecified atom stereocenters. The van der Waals surface area contributed by atoms with Crippen molar-refractivity contribution in [2.24, 2.45) is 0 Å². The first-order valence-electron chi connectivity index (χ1n) is 6.27. The number of rotatable bonds is 6. The molecule has 2 N–H and O–H groups in total. The Morgan fingerprint density at radius 2 is 2.00 bits per heavy atom. The average Bonchev–Trinajstić information content (AvgIpc) is 3.05. The Bertz CT molecular complexity index is 532. The molecule has 1 fully saturated rings.